The Morgan fingerprint density at radius 1 is 0.885 bits per heavy atom. The van der Waals surface area contributed by atoms with Crippen LogP contribution in [0.5, 0.6) is 11.5 Å². The van der Waals surface area contributed by atoms with E-state index in [0.717, 1.165) is 32.8 Å². The molecule has 0 saturated carbocycles. The normalized spacial score (nSPS) is 10.8. The lowest BCUT2D eigenvalue weighted by atomic mass is 10.2. The maximum atomic E-state index is 5.95. The van der Waals surface area contributed by atoms with Crippen LogP contribution in [0.15, 0.2) is 82.3 Å². The van der Waals surface area contributed by atoms with Crippen molar-refractivity contribution in [2.75, 3.05) is 6.61 Å². The number of rotatable bonds is 7. The quantitative estimate of drug-likeness (QED) is 0.436. The molecule has 0 atom stereocenters. The average Bonchev–Trinajstić information content (AvgIpc) is 2.68. The van der Waals surface area contributed by atoms with E-state index in [0.29, 0.717) is 13.2 Å². The highest BCUT2D eigenvalue weighted by Crippen LogP contribution is 2.29. The largest absolute Gasteiger partial charge is 0.490 e. The van der Waals surface area contributed by atoms with Crippen molar-refractivity contribution in [3.05, 3.63) is 88.4 Å². The van der Waals surface area contributed by atoms with E-state index in [-0.39, 0.29) is 0 Å². The summed E-state index contributed by atoms with van der Waals surface area (Å²) in [4.78, 5) is 4.48. The minimum atomic E-state index is 0.491. The van der Waals surface area contributed by atoms with Gasteiger partial charge < -0.3 is 9.47 Å². The second-order valence-corrected chi connectivity index (χ2v) is 6.56. The smallest absolute Gasteiger partial charge is 0.161 e. The Hall–Kier alpha value is -2.59. The molecule has 3 aromatic rings. The lowest BCUT2D eigenvalue weighted by Crippen LogP contribution is -2.00. The summed E-state index contributed by atoms with van der Waals surface area (Å²) in [6.45, 7) is 3.03. The number of halogens is 1. The van der Waals surface area contributed by atoms with Gasteiger partial charge in [-0.3, -0.25) is 4.99 Å². The third kappa shape index (κ3) is 5.20. The van der Waals surface area contributed by atoms with Crippen molar-refractivity contribution in [3.8, 4) is 11.5 Å². The maximum Gasteiger partial charge on any atom is 0.161 e. The van der Waals surface area contributed by atoms with Crippen LogP contribution in [0.4, 0.5) is 5.69 Å². The van der Waals surface area contributed by atoms with Crippen molar-refractivity contribution in [1.29, 1.82) is 0 Å². The third-order valence-corrected chi connectivity index (χ3v) is 4.22. The summed E-state index contributed by atoms with van der Waals surface area (Å²) in [7, 11) is 0. The molecule has 0 saturated heterocycles. The summed E-state index contributed by atoms with van der Waals surface area (Å²) in [6, 6.07) is 23.8. The second kappa shape index (κ2) is 9.20. The third-order valence-electron chi connectivity index (χ3n) is 3.69. The van der Waals surface area contributed by atoms with E-state index in [1.807, 2.05) is 85.9 Å². The van der Waals surface area contributed by atoms with Crippen LogP contribution in [0.25, 0.3) is 0 Å². The molecule has 0 aliphatic heterocycles. The molecule has 0 aliphatic rings. The van der Waals surface area contributed by atoms with E-state index >= 15 is 0 Å². The van der Waals surface area contributed by atoms with Gasteiger partial charge in [-0.15, -0.1) is 0 Å². The fourth-order valence-corrected chi connectivity index (χ4v) is 2.66. The fourth-order valence-electron chi connectivity index (χ4n) is 2.40. The molecular weight excluding hydrogens is 390 g/mol. The zero-order chi connectivity index (χ0) is 18.2. The first kappa shape index (κ1) is 18.2. The molecule has 4 heteroatoms. The first-order valence-corrected chi connectivity index (χ1v) is 9.27. The van der Waals surface area contributed by atoms with Gasteiger partial charge in [0.25, 0.3) is 0 Å². The number of aliphatic imine (C=N–C) groups is 1. The molecule has 0 heterocycles. The van der Waals surface area contributed by atoms with Gasteiger partial charge in [-0.2, -0.15) is 0 Å². The van der Waals surface area contributed by atoms with Crippen LogP contribution in [0.1, 0.15) is 18.1 Å². The molecule has 0 aliphatic carbocycles. The van der Waals surface area contributed by atoms with Crippen molar-refractivity contribution in [3.63, 3.8) is 0 Å². The number of hydrogen-bond acceptors (Lipinski definition) is 3. The summed E-state index contributed by atoms with van der Waals surface area (Å²) < 4.78 is 12.7. The highest BCUT2D eigenvalue weighted by molar-refractivity contribution is 9.10. The van der Waals surface area contributed by atoms with E-state index in [9.17, 15) is 0 Å². The number of ether oxygens (including phenoxy) is 2. The predicted molar refractivity (Wildman–Crippen MR) is 110 cm³/mol. The minimum absolute atomic E-state index is 0.491. The van der Waals surface area contributed by atoms with Gasteiger partial charge in [0.15, 0.2) is 11.5 Å². The lowest BCUT2D eigenvalue weighted by molar-refractivity contribution is 0.269. The van der Waals surface area contributed by atoms with Crippen LogP contribution < -0.4 is 9.47 Å². The van der Waals surface area contributed by atoms with Gasteiger partial charge in [0.1, 0.15) is 6.61 Å². The van der Waals surface area contributed by atoms with E-state index in [4.69, 9.17) is 9.47 Å². The van der Waals surface area contributed by atoms with E-state index in [2.05, 4.69) is 20.9 Å². The Bertz CT molecular complexity index is 861. The average molecular weight is 410 g/mol. The van der Waals surface area contributed by atoms with Crippen molar-refractivity contribution in [2.24, 2.45) is 4.99 Å². The molecule has 0 aromatic heterocycles. The fraction of sp³-hybridized carbons (Fsp3) is 0.136. The molecular formula is C22H20BrNO2. The van der Waals surface area contributed by atoms with Crippen molar-refractivity contribution >= 4 is 27.8 Å². The molecule has 3 aromatic carbocycles. The number of benzene rings is 3. The Morgan fingerprint density at radius 3 is 2.38 bits per heavy atom. The van der Waals surface area contributed by atoms with Crippen molar-refractivity contribution in [2.45, 2.75) is 13.5 Å². The maximum absolute atomic E-state index is 5.95. The predicted octanol–water partition coefficient (Wildman–Crippen LogP) is 6.18. The number of hydrogen-bond donors (Lipinski definition) is 0. The van der Waals surface area contributed by atoms with Gasteiger partial charge in [0.05, 0.1) is 12.3 Å². The Balaban J connectivity index is 1.73. The van der Waals surface area contributed by atoms with Crippen molar-refractivity contribution < 1.29 is 9.47 Å². The minimum Gasteiger partial charge on any atom is -0.490 e. The van der Waals surface area contributed by atoms with E-state index < -0.39 is 0 Å². The monoisotopic (exact) mass is 409 g/mol. The van der Waals surface area contributed by atoms with Crippen LogP contribution in [-0.4, -0.2) is 12.8 Å². The molecule has 26 heavy (non-hydrogen) atoms. The Kier molecular flexibility index (Phi) is 6.45. The molecule has 3 rings (SSSR count). The summed E-state index contributed by atoms with van der Waals surface area (Å²) in [5.74, 6) is 1.45. The molecule has 0 radical (unpaired) electrons. The molecule has 0 spiro atoms. The SMILES string of the molecule is CCOc1cc(C=Nc2ccccc2)ccc1OCc1ccc(Br)cc1. The lowest BCUT2D eigenvalue weighted by Gasteiger charge is -2.12. The molecule has 3 nitrogen and oxygen atoms in total. The van der Waals surface area contributed by atoms with Crippen LogP contribution in [-0.2, 0) is 6.61 Å². The van der Waals surface area contributed by atoms with Gasteiger partial charge >= 0.3 is 0 Å². The zero-order valence-electron chi connectivity index (χ0n) is 14.6. The highest BCUT2D eigenvalue weighted by Gasteiger charge is 2.06. The molecule has 0 amide bonds. The summed E-state index contributed by atoms with van der Waals surface area (Å²) in [5.41, 5.74) is 2.99. The van der Waals surface area contributed by atoms with Crippen LogP contribution in [0, 0.1) is 0 Å². The summed E-state index contributed by atoms with van der Waals surface area (Å²) in [6.07, 6.45) is 1.83. The molecule has 0 N–H and O–H groups in total. The zero-order valence-corrected chi connectivity index (χ0v) is 16.1. The van der Waals surface area contributed by atoms with Crippen molar-refractivity contribution in [1.82, 2.24) is 0 Å². The Labute approximate surface area is 162 Å². The van der Waals surface area contributed by atoms with Gasteiger partial charge in [-0.1, -0.05) is 46.3 Å². The van der Waals surface area contributed by atoms with Gasteiger partial charge in [0.2, 0.25) is 0 Å². The molecule has 0 bridgehead atoms. The topological polar surface area (TPSA) is 30.8 Å². The van der Waals surface area contributed by atoms with Gasteiger partial charge in [0, 0.05) is 10.7 Å². The molecule has 132 valence electrons. The van der Waals surface area contributed by atoms with Gasteiger partial charge in [-0.25, -0.2) is 0 Å². The van der Waals surface area contributed by atoms with E-state index in [1.165, 1.54) is 0 Å². The second-order valence-electron chi connectivity index (χ2n) is 5.65. The first-order valence-electron chi connectivity index (χ1n) is 8.48. The van der Waals surface area contributed by atoms with Crippen LogP contribution in [0.3, 0.4) is 0 Å². The highest BCUT2D eigenvalue weighted by atomic mass is 79.9. The standard InChI is InChI=1S/C22H20BrNO2/c1-2-25-22-14-18(15-24-20-6-4-3-5-7-20)10-13-21(22)26-16-17-8-11-19(23)12-9-17/h3-15H,2,16H2,1H3. The summed E-state index contributed by atoms with van der Waals surface area (Å²) in [5, 5.41) is 0. The first-order chi connectivity index (χ1) is 12.7. The molecule has 0 unspecified atom stereocenters. The molecule has 0 fully saturated rings. The van der Waals surface area contributed by atoms with E-state index in [1.54, 1.807) is 0 Å². The number of para-hydroxylation sites is 1. The van der Waals surface area contributed by atoms with Gasteiger partial charge in [-0.05, 0) is 60.5 Å². The van der Waals surface area contributed by atoms with Crippen LogP contribution in [0.2, 0.25) is 0 Å². The van der Waals surface area contributed by atoms with Crippen LogP contribution >= 0.6 is 15.9 Å². The summed E-state index contributed by atoms with van der Waals surface area (Å²) >= 11 is 3.44. The Morgan fingerprint density at radius 2 is 1.65 bits per heavy atom. The number of nitrogens with zero attached hydrogens (tertiary/aromatic N) is 1.